The van der Waals surface area contributed by atoms with E-state index in [4.69, 9.17) is 11.2 Å². The summed E-state index contributed by atoms with van der Waals surface area (Å²) in [6.07, 6.45) is 10.0. The minimum absolute atomic E-state index is 0.386. The second kappa shape index (κ2) is 6.87. The van der Waals surface area contributed by atoms with Crippen molar-refractivity contribution in [1.29, 1.82) is 0 Å². The monoisotopic (exact) mass is 209 g/mol. The standard InChI is InChI=1S/C13H23NO/c1-4-6-7-13(14-9-5-2)12-8-10-15-11(12)3/h1,11-14H,5-10H2,2-3H3. The summed E-state index contributed by atoms with van der Waals surface area (Å²) in [6.45, 7) is 6.36. The van der Waals surface area contributed by atoms with Gasteiger partial charge in [-0.2, -0.15) is 0 Å². The predicted molar refractivity (Wildman–Crippen MR) is 63.7 cm³/mol. The maximum absolute atomic E-state index is 5.61. The molecule has 2 nitrogen and oxygen atoms in total. The minimum atomic E-state index is 0.386. The van der Waals surface area contributed by atoms with Gasteiger partial charge >= 0.3 is 0 Å². The van der Waals surface area contributed by atoms with Crippen molar-refractivity contribution in [2.75, 3.05) is 13.2 Å². The van der Waals surface area contributed by atoms with Gasteiger partial charge in [0.05, 0.1) is 6.10 Å². The van der Waals surface area contributed by atoms with Gasteiger partial charge in [0.15, 0.2) is 0 Å². The molecule has 86 valence electrons. The van der Waals surface area contributed by atoms with Crippen LogP contribution in [0.3, 0.4) is 0 Å². The first-order valence-corrected chi connectivity index (χ1v) is 6.08. The van der Waals surface area contributed by atoms with Gasteiger partial charge in [-0.05, 0) is 32.7 Å². The highest BCUT2D eigenvalue weighted by atomic mass is 16.5. The minimum Gasteiger partial charge on any atom is -0.378 e. The summed E-state index contributed by atoms with van der Waals surface area (Å²) in [7, 11) is 0. The van der Waals surface area contributed by atoms with Crippen LogP contribution in [0.1, 0.15) is 39.5 Å². The highest BCUT2D eigenvalue weighted by Gasteiger charge is 2.30. The van der Waals surface area contributed by atoms with E-state index in [-0.39, 0.29) is 0 Å². The van der Waals surface area contributed by atoms with Crippen molar-refractivity contribution in [3.8, 4) is 12.3 Å². The Morgan fingerprint density at radius 3 is 2.93 bits per heavy atom. The Labute approximate surface area is 93.8 Å². The summed E-state index contributed by atoms with van der Waals surface area (Å²) in [5.74, 6) is 3.38. The van der Waals surface area contributed by atoms with Crippen molar-refractivity contribution in [1.82, 2.24) is 5.32 Å². The van der Waals surface area contributed by atoms with Crippen molar-refractivity contribution in [2.45, 2.75) is 51.7 Å². The molecule has 0 bridgehead atoms. The predicted octanol–water partition coefficient (Wildman–Crippen LogP) is 2.19. The maximum atomic E-state index is 5.61. The fraction of sp³-hybridized carbons (Fsp3) is 0.846. The Balaban J connectivity index is 2.42. The van der Waals surface area contributed by atoms with Gasteiger partial charge in [0, 0.05) is 25.0 Å². The van der Waals surface area contributed by atoms with Crippen LogP contribution in [-0.4, -0.2) is 25.3 Å². The molecule has 1 aliphatic rings. The third kappa shape index (κ3) is 3.85. The second-order valence-corrected chi connectivity index (χ2v) is 4.33. The van der Waals surface area contributed by atoms with Gasteiger partial charge in [0.2, 0.25) is 0 Å². The lowest BCUT2D eigenvalue weighted by atomic mass is 9.90. The molecule has 0 aromatic carbocycles. The van der Waals surface area contributed by atoms with Crippen LogP contribution >= 0.6 is 0 Å². The Morgan fingerprint density at radius 2 is 2.40 bits per heavy atom. The molecule has 0 radical (unpaired) electrons. The summed E-state index contributed by atoms with van der Waals surface area (Å²) >= 11 is 0. The number of nitrogens with one attached hydrogen (secondary N) is 1. The molecule has 1 saturated heterocycles. The van der Waals surface area contributed by atoms with Gasteiger partial charge in [0.1, 0.15) is 0 Å². The molecule has 3 unspecified atom stereocenters. The Morgan fingerprint density at radius 1 is 1.60 bits per heavy atom. The van der Waals surface area contributed by atoms with Crippen LogP contribution in [0, 0.1) is 18.3 Å². The molecule has 3 atom stereocenters. The third-order valence-corrected chi connectivity index (χ3v) is 3.21. The van der Waals surface area contributed by atoms with Crippen LogP contribution in [-0.2, 0) is 4.74 Å². The molecule has 0 spiro atoms. The van der Waals surface area contributed by atoms with E-state index >= 15 is 0 Å². The van der Waals surface area contributed by atoms with Gasteiger partial charge in [-0.25, -0.2) is 0 Å². The van der Waals surface area contributed by atoms with E-state index in [0.29, 0.717) is 18.1 Å². The number of hydrogen-bond donors (Lipinski definition) is 1. The molecule has 1 rings (SSSR count). The molecule has 1 aliphatic heterocycles. The van der Waals surface area contributed by atoms with Crippen LogP contribution in [0.2, 0.25) is 0 Å². The topological polar surface area (TPSA) is 21.3 Å². The highest BCUT2D eigenvalue weighted by molar-refractivity contribution is 4.90. The summed E-state index contributed by atoms with van der Waals surface area (Å²) in [5.41, 5.74) is 0. The molecule has 1 N–H and O–H groups in total. The molecule has 15 heavy (non-hydrogen) atoms. The summed E-state index contributed by atoms with van der Waals surface area (Å²) in [5, 5.41) is 3.60. The Bertz CT molecular complexity index is 209. The zero-order valence-electron chi connectivity index (χ0n) is 9.96. The maximum Gasteiger partial charge on any atom is 0.0590 e. The molecule has 0 amide bonds. The first-order chi connectivity index (χ1) is 7.29. The zero-order chi connectivity index (χ0) is 11.1. The van der Waals surface area contributed by atoms with Crippen LogP contribution in [0.15, 0.2) is 0 Å². The molecular weight excluding hydrogens is 186 g/mol. The van der Waals surface area contributed by atoms with Gasteiger partial charge in [0.25, 0.3) is 0 Å². The SMILES string of the molecule is C#CCCC(NCCC)C1CCOC1C. The van der Waals surface area contributed by atoms with Crippen LogP contribution in [0.25, 0.3) is 0 Å². The smallest absolute Gasteiger partial charge is 0.0590 e. The van der Waals surface area contributed by atoms with Gasteiger partial charge in [-0.3, -0.25) is 0 Å². The van der Waals surface area contributed by atoms with Crippen molar-refractivity contribution in [3.05, 3.63) is 0 Å². The van der Waals surface area contributed by atoms with Crippen LogP contribution < -0.4 is 5.32 Å². The number of ether oxygens (including phenoxy) is 1. The molecule has 0 aromatic heterocycles. The lowest BCUT2D eigenvalue weighted by Gasteiger charge is -2.26. The molecule has 2 heteroatoms. The van der Waals surface area contributed by atoms with Gasteiger partial charge in [-0.15, -0.1) is 12.3 Å². The highest BCUT2D eigenvalue weighted by Crippen LogP contribution is 2.26. The molecular formula is C13H23NO. The number of hydrogen-bond acceptors (Lipinski definition) is 2. The average molecular weight is 209 g/mol. The Hall–Kier alpha value is -0.520. The Kier molecular flexibility index (Phi) is 5.75. The van der Waals surface area contributed by atoms with E-state index in [0.717, 1.165) is 26.0 Å². The zero-order valence-corrected chi connectivity index (χ0v) is 9.96. The molecule has 1 fully saturated rings. The normalized spacial score (nSPS) is 27.5. The molecule has 0 aliphatic carbocycles. The summed E-state index contributed by atoms with van der Waals surface area (Å²) < 4.78 is 5.61. The fourth-order valence-electron chi connectivity index (χ4n) is 2.31. The van der Waals surface area contributed by atoms with Crippen LogP contribution in [0.4, 0.5) is 0 Å². The van der Waals surface area contributed by atoms with E-state index in [1.807, 2.05) is 0 Å². The molecule has 0 aromatic rings. The molecule has 0 saturated carbocycles. The van der Waals surface area contributed by atoms with Crippen molar-refractivity contribution < 1.29 is 4.74 Å². The first-order valence-electron chi connectivity index (χ1n) is 6.08. The van der Waals surface area contributed by atoms with Crippen molar-refractivity contribution >= 4 is 0 Å². The van der Waals surface area contributed by atoms with Crippen molar-refractivity contribution in [2.24, 2.45) is 5.92 Å². The van der Waals surface area contributed by atoms with Crippen molar-refractivity contribution in [3.63, 3.8) is 0 Å². The number of rotatable bonds is 6. The van der Waals surface area contributed by atoms with Gasteiger partial charge in [-0.1, -0.05) is 6.92 Å². The lowest BCUT2D eigenvalue weighted by molar-refractivity contribution is 0.0945. The lowest BCUT2D eigenvalue weighted by Crippen LogP contribution is -2.39. The first kappa shape index (κ1) is 12.5. The average Bonchev–Trinajstić information content (AvgIpc) is 2.65. The number of terminal acetylenes is 1. The van der Waals surface area contributed by atoms with E-state index in [1.165, 1.54) is 12.8 Å². The molecule has 1 heterocycles. The largest absolute Gasteiger partial charge is 0.378 e. The van der Waals surface area contributed by atoms with E-state index in [9.17, 15) is 0 Å². The summed E-state index contributed by atoms with van der Waals surface area (Å²) in [6, 6.07) is 0.540. The van der Waals surface area contributed by atoms with Gasteiger partial charge < -0.3 is 10.1 Å². The second-order valence-electron chi connectivity index (χ2n) is 4.33. The quantitative estimate of drug-likeness (QED) is 0.677. The summed E-state index contributed by atoms with van der Waals surface area (Å²) in [4.78, 5) is 0. The van der Waals surface area contributed by atoms with E-state index in [1.54, 1.807) is 0 Å². The van der Waals surface area contributed by atoms with E-state index in [2.05, 4.69) is 25.1 Å². The van der Waals surface area contributed by atoms with Crippen LogP contribution in [0.5, 0.6) is 0 Å². The third-order valence-electron chi connectivity index (χ3n) is 3.21. The van der Waals surface area contributed by atoms with E-state index < -0.39 is 0 Å². The fourth-order valence-corrected chi connectivity index (χ4v) is 2.31.